The molecule has 1 heterocycles. The van der Waals surface area contributed by atoms with Crippen LogP contribution in [0, 0.1) is 0 Å². The Labute approximate surface area is 451 Å². The van der Waals surface area contributed by atoms with Crippen LogP contribution in [0.25, 0.3) is 0 Å². The van der Waals surface area contributed by atoms with Gasteiger partial charge in [-0.15, -0.1) is 0 Å². The summed E-state index contributed by atoms with van der Waals surface area (Å²) in [6.45, 7) is 4.21. The van der Waals surface area contributed by atoms with E-state index in [0.29, 0.717) is 19.4 Å². The van der Waals surface area contributed by atoms with Gasteiger partial charge in [-0.05, 0) is 103 Å². The zero-order valence-electron chi connectivity index (χ0n) is 47.0. The maximum Gasteiger partial charge on any atom is 0.305 e. The standard InChI is InChI=1S/C63H111NO10/c1-3-5-7-9-11-13-15-17-27-31-35-39-43-47-51-59(68)72-52-48-44-40-36-32-28-24-22-20-18-19-21-23-26-30-34-38-42-46-50-58(67)64-55(54-73-63-62(71)61(70)60(69)57(53-65)74-63)56(66)49-45-41-37-33-29-25-16-14-12-10-8-6-4-2/h9,11,15,17,22,24,28-29,32-33,45,49,55-57,60-63,65-66,69-71H,3-8,10,12-14,16,18-21,23,25-27,30-31,34-44,46-48,50-54H2,1-2H3,(H,64,67)/b11-9-,17-15-,24-22-,32-28-,33-29+,49-45+. The second-order valence-electron chi connectivity index (χ2n) is 20.7. The van der Waals surface area contributed by atoms with Gasteiger partial charge in [-0.2, -0.15) is 0 Å². The third-order valence-electron chi connectivity index (χ3n) is 13.8. The fourth-order valence-electron chi connectivity index (χ4n) is 8.93. The lowest BCUT2D eigenvalue weighted by molar-refractivity contribution is -0.302. The first-order chi connectivity index (χ1) is 36.2. The van der Waals surface area contributed by atoms with Crippen LogP contribution in [0.2, 0.25) is 0 Å². The first-order valence-electron chi connectivity index (χ1n) is 30.2. The van der Waals surface area contributed by atoms with E-state index in [1.54, 1.807) is 6.08 Å². The van der Waals surface area contributed by atoms with Gasteiger partial charge in [0, 0.05) is 12.8 Å². The van der Waals surface area contributed by atoms with Crippen LogP contribution in [-0.2, 0) is 23.8 Å². The molecule has 0 radical (unpaired) electrons. The normalized spacial score (nSPS) is 19.4. The first kappa shape index (κ1) is 69.1. The summed E-state index contributed by atoms with van der Waals surface area (Å²) in [6.07, 6.45) is 58.5. The molecule has 0 bridgehead atoms. The zero-order valence-corrected chi connectivity index (χ0v) is 47.0. The predicted octanol–water partition coefficient (Wildman–Crippen LogP) is 14.0. The summed E-state index contributed by atoms with van der Waals surface area (Å²) < 4.78 is 16.7. The Bertz CT molecular complexity index is 1460. The molecular weight excluding hydrogens is 931 g/mol. The summed E-state index contributed by atoms with van der Waals surface area (Å²) in [5.74, 6) is -0.248. The molecule has 7 atom stereocenters. The molecule has 1 amide bonds. The molecule has 0 aromatic rings. The number of carbonyl (C=O) groups is 2. The van der Waals surface area contributed by atoms with E-state index in [-0.39, 0.29) is 18.5 Å². The Morgan fingerprint density at radius 2 is 0.973 bits per heavy atom. The van der Waals surface area contributed by atoms with Crippen molar-refractivity contribution in [2.45, 2.75) is 294 Å². The number of hydrogen-bond acceptors (Lipinski definition) is 10. The number of rotatable bonds is 51. The van der Waals surface area contributed by atoms with Gasteiger partial charge in [0.1, 0.15) is 24.4 Å². The topological polar surface area (TPSA) is 175 Å². The number of aliphatic hydroxyl groups is 5. The zero-order chi connectivity index (χ0) is 53.8. The Hall–Kier alpha value is -2.90. The largest absolute Gasteiger partial charge is 0.466 e. The molecule has 0 spiro atoms. The quantitative estimate of drug-likeness (QED) is 0.0149. The number of ether oxygens (including phenoxy) is 3. The lowest BCUT2D eigenvalue weighted by Gasteiger charge is -2.40. The van der Waals surface area contributed by atoms with E-state index in [4.69, 9.17) is 14.2 Å². The Kier molecular flexibility index (Phi) is 48.7. The van der Waals surface area contributed by atoms with Gasteiger partial charge in [0.15, 0.2) is 6.29 Å². The maximum atomic E-state index is 13.0. The van der Waals surface area contributed by atoms with Gasteiger partial charge >= 0.3 is 5.97 Å². The number of allylic oxidation sites excluding steroid dienone is 11. The van der Waals surface area contributed by atoms with Gasteiger partial charge in [0.25, 0.3) is 0 Å². The third kappa shape index (κ3) is 41.3. The SMILES string of the molecule is CCCC/C=C\C/C=C\CCCCCCCC(=O)OCCCCC/C=C\C=C/CCCCCCCCCCCCC(=O)NC(COC1OC(CO)C(O)C(O)C1O)C(O)/C=C/CC/C=C/CCCCCCCCC. The van der Waals surface area contributed by atoms with E-state index in [2.05, 4.69) is 79.9 Å². The highest BCUT2D eigenvalue weighted by molar-refractivity contribution is 5.76. The molecule has 0 saturated carbocycles. The minimum absolute atomic E-state index is 0.0444. The van der Waals surface area contributed by atoms with Gasteiger partial charge in [-0.3, -0.25) is 9.59 Å². The predicted molar refractivity (Wildman–Crippen MR) is 306 cm³/mol. The van der Waals surface area contributed by atoms with Crippen LogP contribution >= 0.6 is 0 Å². The van der Waals surface area contributed by atoms with Crippen molar-refractivity contribution in [3.63, 3.8) is 0 Å². The van der Waals surface area contributed by atoms with Crippen LogP contribution < -0.4 is 5.32 Å². The smallest absolute Gasteiger partial charge is 0.305 e. The molecule has 6 N–H and O–H groups in total. The van der Waals surface area contributed by atoms with Crippen molar-refractivity contribution in [2.75, 3.05) is 19.8 Å². The highest BCUT2D eigenvalue weighted by atomic mass is 16.7. The van der Waals surface area contributed by atoms with Crippen molar-refractivity contribution in [2.24, 2.45) is 0 Å². The second kappa shape index (κ2) is 52.2. The highest BCUT2D eigenvalue weighted by Gasteiger charge is 2.44. The molecule has 1 fully saturated rings. The van der Waals surface area contributed by atoms with E-state index in [9.17, 15) is 35.1 Å². The van der Waals surface area contributed by atoms with E-state index in [1.165, 1.54) is 122 Å². The molecule has 0 aliphatic carbocycles. The summed E-state index contributed by atoms with van der Waals surface area (Å²) in [7, 11) is 0. The summed E-state index contributed by atoms with van der Waals surface area (Å²) in [5, 5.41) is 54.3. The van der Waals surface area contributed by atoms with Crippen molar-refractivity contribution in [1.29, 1.82) is 0 Å². The number of nitrogens with one attached hydrogen (secondary N) is 1. The van der Waals surface area contributed by atoms with Crippen LogP contribution in [0.1, 0.15) is 251 Å². The number of hydrogen-bond donors (Lipinski definition) is 6. The summed E-state index contributed by atoms with van der Waals surface area (Å²) in [4.78, 5) is 25.1. The average Bonchev–Trinajstić information content (AvgIpc) is 3.40. The fraction of sp³-hybridized carbons (Fsp3) is 0.778. The Morgan fingerprint density at radius 1 is 0.514 bits per heavy atom. The molecule has 1 rings (SSSR count). The number of esters is 1. The Balaban J connectivity index is 2.12. The molecule has 0 aromatic heterocycles. The number of unbranched alkanes of at least 4 members (excludes halogenated alkanes) is 28. The van der Waals surface area contributed by atoms with Crippen molar-refractivity contribution < 1.29 is 49.3 Å². The van der Waals surface area contributed by atoms with Crippen molar-refractivity contribution in [1.82, 2.24) is 5.32 Å². The van der Waals surface area contributed by atoms with Crippen molar-refractivity contribution >= 4 is 11.9 Å². The van der Waals surface area contributed by atoms with E-state index in [0.717, 1.165) is 103 Å². The molecular formula is C63H111NO10. The lowest BCUT2D eigenvalue weighted by Crippen LogP contribution is -2.60. The van der Waals surface area contributed by atoms with Crippen LogP contribution in [0.4, 0.5) is 0 Å². The van der Waals surface area contributed by atoms with Gasteiger partial charge in [0.2, 0.25) is 5.91 Å². The minimum atomic E-state index is -1.58. The van der Waals surface area contributed by atoms with Gasteiger partial charge < -0.3 is 45.1 Å². The van der Waals surface area contributed by atoms with E-state index < -0.39 is 49.5 Å². The van der Waals surface area contributed by atoms with E-state index >= 15 is 0 Å². The molecule has 1 aliphatic heterocycles. The molecule has 0 aromatic carbocycles. The number of aliphatic hydroxyl groups excluding tert-OH is 5. The van der Waals surface area contributed by atoms with Crippen molar-refractivity contribution in [3.8, 4) is 0 Å². The first-order valence-corrected chi connectivity index (χ1v) is 30.2. The molecule has 1 aliphatic rings. The highest BCUT2D eigenvalue weighted by Crippen LogP contribution is 2.23. The average molecular weight is 1040 g/mol. The van der Waals surface area contributed by atoms with Crippen LogP contribution in [-0.4, -0.2) is 100 Å². The van der Waals surface area contributed by atoms with E-state index in [1.807, 2.05) is 6.08 Å². The third-order valence-corrected chi connectivity index (χ3v) is 13.8. The van der Waals surface area contributed by atoms with Crippen LogP contribution in [0.3, 0.4) is 0 Å². The van der Waals surface area contributed by atoms with Gasteiger partial charge in [-0.25, -0.2) is 0 Å². The molecule has 7 unspecified atom stereocenters. The molecule has 74 heavy (non-hydrogen) atoms. The number of carbonyl (C=O) groups excluding carboxylic acids is 2. The minimum Gasteiger partial charge on any atom is -0.466 e. The molecule has 11 nitrogen and oxygen atoms in total. The molecule has 1 saturated heterocycles. The summed E-state index contributed by atoms with van der Waals surface area (Å²) in [5.41, 5.74) is 0. The fourth-order valence-corrected chi connectivity index (χ4v) is 8.93. The second-order valence-corrected chi connectivity index (χ2v) is 20.7. The van der Waals surface area contributed by atoms with Crippen molar-refractivity contribution in [3.05, 3.63) is 72.9 Å². The summed E-state index contributed by atoms with van der Waals surface area (Å²) >= 11 is 0. The van der Waals surface area contributed by atoms with Gasteiger partial charge in [-0.1, -0.05) is 209 Å². The van der Waals surface area contributed by atoms with Gasteiger partial charge in [0.05, 0.1) is 32.0 Å². The van der Waals surface area contributed by atoms with Crippen LogP contribution in [0.15, 0.2) is 72.9 Å². The maximum absolute atomic E-state index is 13.0. The molecule has 428 valence electrons. The van der Waals surface area contributed by atoms with Crippen LogP contribution in [0.5, 0.6) is 0 Å². The molecule has 11 heteroatoms. The Morgan fingerprint density at radius 3 is 1.54 bits per heavy atom. The monoisotopic (exact) mass is 1040 g/mol. The summed E-state index contributed by atoms with van der Waals surface area (Å²) in [6, 6.07) is -0.837. The lowest BCUT2D eigenvalue weighted by atomic mass is 9.99. The number of amides is 1.